The van der Waals surface area contributed by atoms with Crippen LogP contribution >= 0.6 is 24.8 Å². The summed E-state index contributed by atoms with van der Waals surface area (Å²) in [5.74, 6) is 1.40. The summed E-state index contributed by atoms with van der Waals surface area (Å²) in [5.41, 5.74) is 1.08. The van der Waals surface area contributed by atoms with Gasteiger partial charge >= 0.3 is 0 Å². The topological polar surface area (TPSA) is 50.2 Å². The third-order valence-electron chi connectivity index (χ3n) is 4.29. The van der Waals surface area contributed by atoms with E-state index in [1.165, 1.54) is 12.8 Å². The van der Waals surface area contributed by atoms with Crippen LogP contribution in [-0.2, 0) is 18.4 Å². The van der Waals surface area contributed by atoms with E-state index in [2.05, 4.69) is 17.3 Å². The minimum Gasteiger partial charge on any atom is -0.341 e. The number of aromatic nitrogens is 2. The summed E-state index contributed by atoms with van der Waals surface area (Å²) in [5, 5.41) is 7.51. The van der Waals surface area contributed by atoms with Crippen LogP contribution in [0.1, 0.15) is 31.7 Å². The Kier molecular flexibility index (Phi) is 9.72. The number of rotatable bonds is 5. The van der Waals surface area contributed by atoms with E-state index < -0.39 is 0 Å². The van der Waals surface area contributed by atoms with E-state index in [1.54, 1.807) is 4.68 Å². The lowest BCUT2D eigenvalue weighted by atomic mass is 9.84. The lowest BCUT2D eigenvalue weighted by molar-refractivity contribution is -0.131. The van der Waals surface area contributed by atoms with Crippen molar-refractivity contribution < 1.29 is 4.79 Å². The Hall–Kier alpha value is -0.780. The first-order valence-corrected chi connectivity index (χ1v) is 7.48. The second-order valence-electron chi connectivity index (χ2n) is 6.04. The molecule has 128 valence electrons. The maximum absolute atomic E-state index is 12.3. The fourth-order valence-electron chi connectivity index (χ4n) is 2.93. The van der Waals surface area contributed by atoms with Crippen LogP contribution in [-0.4, -0.2) is 40.7 Å². The van der Waals surface area contributed by atoms with Crippen LogP contribution < -0.4 is 5.32 Å². The number of halogens is 2. The Morgan fingerprint density at radius 1 is 1.45 bits per heavy atom. The molecular weight excluding hydrogens is 323 g/mol. The van der Waals surface area contributed by atoms with Crippen molar-refractivity contribution in [3.05, 3.63) is 18.0 Å². The number of aryl methyl sites for hydroxylation is 1. The van der Waals surface area contributed by atoms with Gasteiger partial charge in [0.15, 0.2) is 0 Å². The van der Waals surface area contributed by atoms with Gasteiger partial charge in [-0.1, -0.05) is 6.92 Å². The number of piperidine rings is 1. The zero-order chi connectivity index (χ0) is 14.5. The number of amides is 1. The predicted octanol–water partition coefficient (Wildman–Crippen LogP) is 2.25. The third kappa shape index (κ3) is 6.15. The smallest absolute Gasteiger partial charge is 0.222 e. The van der Waals surface area contributed by atoms with Crippen LogP contribution in [0.5, 0.6) is 0 Å². The first-order chi connectivity index (χ1) is 9.56. The summed E-state index contributed by atoms with van der Waals surface area (Å²) in [6, 6.07) is 0. The van der Waals surface area contributed by atoms with Crippen LogP contribution in [0.3, 0.4) is 0 Å². The monoisotopic (exact) mass is 350 g/mol. The minimum atomic E-state index is 0. The van der Waals surface area contributed by atoms with E-state index in [1.807, 2.05) is 31.4 Å². The number of nitrogens with zero attached hydrogens (tertiary/aromatic N) is 3. The molecule has 1 aliphatic heterocycles. The molecule has 7 heteroatoms. The molecule has 2 heterocycles. The summed E-state index contributed by atoms with van der Waals surface area (Å²) >= 11 is 0. The van der Waals surface area contributed by atoms with Gasteiger partial charge in [0, 0.05) is 38.8 Å². The number of hydrogen-bond acceptors (Lipinski definition) is 3. The Bertz CT molecular complexity index is 447. The highest BCUT2D eigenvalue weighted by Crippen LogP contribution is 2.24. The van der Waals surface area contributed by atoms with Gasteiger partial charge in [-0.3, -0.25) is 9.48 Å². The van der Waals surface area contributed by atoms with Crippen LogP contribution in [0.4, 0.5) is 0 Å². The summed E-state index contributed by atoms with van der Waals surface area (Å²) in [4.78, 5) is 14.1. The lowest BCUT2D eigenvalue weighted by Crippen LogP contribution is -2.34. The standard InChI is InChI=1S/C15H26N4O.2ClH/c1-12(14-4-6-16-7-5-14)8-15(20)18(2)10-13-9-17-19(3)11-13;;/h9,11-12,14,16H,4-8,10H2,1-3H3;2*1H. The highest BCUT2D eigenvalue weighted by Gasteiger charge is 2.23. The van der Waals surface area contributed by atoms with E-state index in [9.17, 15) is 4.79 Å². The van der Waals surface area contributed by atoms with Crippen molar-refractivity contribution in [1.82, 2.24) is 20.0 Å². The van der Waals surface area contributed by atoms with Gasteiger partial charge in [0.2, 0.25) is 5.91 Å². The van der Waals surface area contributed by atoms with Crippen molar-refractivity contribution in [2.24, 2.45) is 18.9 Å². The quantitative estimate of drug-likeness (QED) is 0.885. The Morgan fingerprint density at radius 2 is 2.09 bits per heavy atom. The molecule has 0 spiro atoms. The van der Waals surface area contributed by atoms with Crippen molar-refractivity contribution >= 4 is 30.7 Å². The molecule has 1 aromatic heterocycles. The molecule has 2 rings (SSSR count). The van der Waals surface area contributed by atoms with Gasteiger partial charge in [-0.2, -0.15) is 5.10 Å². The molecule has 1 atom stereocenters. The fraction of sp³-hybridized carbons (Fsp3) is 0.733. The van der Waals surface area contributed by atoms with Gasteiger partial charge in [0.1, 0.15) is 0 Å². The SMILES string of the molecule is CC(CC(=O)N(C)Cc1cnn(C)c1)C1CCNCC1.Cl.Cl. The summed E-state index contributed by atoms with van der Waals surface area (Å²) in [7, 11) is 3.77. The van der Waals surface area contributed by atoms with Crippen molar-refractivity contribution in [3.63, 3.8) is 0 Å². The van der Waals surface area contributed by atoms with Crippen molar-refractivity contribution in [3.8, 4) is 0 Å². The normalized spacial score (nSPS) is 16.3. The molecule has 1 aromatic rings. The largest absolute Gasteiger partial charge is 0.341 e. The summed E-state index contributed by atoms with van der Waals surface area (Å²) in [6.07, 6.45) is 6.82. The molecule has 1 amide bonds. The van der Waals surface area contributed by atoms with Gasteiger partial charge in [-0.25, -0.2) is 0 Å². The molecule has 0 aromatic carbocycles. The van der Waals surface area contributed by atoms with Crippen molar-refractivity contribution in [2.75, 3.05) is 20.1 Å². The first kappa shape index (κ1) is 21.2. The zero-order valence-electron chi connectivity index (χ0n) is 13.6. The minimum absolute atomic E-state index is 0. The average Bonchev–Trinajstić information content (AvgIpc) is 2.85. The van der Waals surface area contributed by atoms with E-state index >= 15 is 0 Å². The maximum atomic E-state index is 12.3. The number of carbonyl (C=O) groups excluding carboxylic acids is 1. The van der Waals surface area contributed by atoms with Gasteiger partial charge < -0.3 is 10.2 Å². The van der Waals surface area contributed by atoms with E-state index in [-0.39, 0.29) is 30.7 Å². The molecule has 0 saturated carbocycles. The van der Waals surface area contributed by atoms with E-state index in [4.69, 9.17) is 0 Å². The average molecular weight is 351 g/mol. The van der Waals surface area contributed by atoms with Gasteiger partial charge in [0.25, 0.3) is 0 Å². The summed E-state index contributed by atoms with van der Waals surface area (Å²) in [6.45, 7) is 5.04. The second-order valence-corrected chi connectivity index (χ2v) is 6.04. The third-order valence-corrected chi connectivity index (χ3v) is 4.29. The molecular formula is C15H28Cl2N4O. The highest BCUT2D eigenvalue weighted by molar-refractivity contribution is 5.85. The van der Waals surface area contributed by atoms with E-state index in [0.717, 1.165) is 18.7 Å². The number of hydrogen-bond donors (Lipinski definition) is 1. The van der Waals surface area contributed by atoms with Crippen LogP contribution in [0.25, 0.3) is 0 Å². The molecule has 1 saturated heterocycles. The molecule has 1 N–H and O–H groups in total. The molecule has 22 heavy (non-hydrogen) atoms. The van der Waals surface area contributed by atoms with Gasteiger partial charge in [-0.15, -0.1) is 24.8 Å². The van der Waals surface area contributed by atoms with Crippen LogP contribution in [0.15, 0.2) is 12.4 Å². The maximum Gasteiger partial charge on any atom is 0.222 e. The van der Waals surface area contributed by atoms with Gasteiger partial charge in [-0.05, 0) is 37.8 Å². The van der Waals surface area contributed by atoms with Crippen LogP contribution in [0.2, 0.25) is 0 Å². The first-order valence-electron chi connectivity index (χ1n) is 7.48. The molecule has 1 fully saturated rings. The molecule has 0 aliphatic carbocycles. The Morgan fingerprint density at radius 3 is 2.64 bits per heavy atom. The molecule has 1 unspecified atom stereocenters. The summed E-state index contributed by atoms with van der Waals surface area (Å²) < 4.78 is 1.77. The fourth-order valence-corrected chi connectivity index (χ4v) is 2.93. The molecule has 5 nitrogen and oxygen atoms in total. The van der Waals surface area contributed by atoms with E-state index in [0.29, 0.717) is 24.8 Å². The van der Waals surface area contributed by atoms with Gasteiger partial charge in [0.05, 0.1) is 6.20 Å². The molecule has 0 bridgehead atoms. The highest BCUT2D eigenvalue weighted by atomic mass is 35.5. The Balaban J connectivity index is 0.00000220. The Labute approximate surface area is 145 Å². The van der Waals surface area contributed by atoms with Crippen LogP contribution in [0, 0.1) is 11.8 Å². The lowest BCUT2D eigenvalue weighted by Gasteiger charge is -2.29. The van der Waals surface area contributed by atoms with Crippen molar-refractivity contribution in [1.29, 1.82) is 0 Å². The number of nitrogens with one attached hydrogen (secondary N) is 1. The second kappa shape index (κ2) is 10.1. The molecule has 0 radical (unpaired) electrons. The number of carbonyl (C=O) groups is 1. The predicted molar refractivity (Wildman–Crippen MR) is 93.6 cm³/mol. The molecule has 1 aliphatic rings. The zero-order valence-corrected chi connectivity index (χ0v) is 15.3. The van der Waals surface area contributed by atoms with Crippen molar-refractivity contribution in [2.45, 2.75) is 32.7 Å².